The van der Waals surface area contributed by atoms with Crippen molar-refractivity contribution in [1.29, 1.82) is 0 Å². The lowest BCUT2D eigenvalue weighted by atomic mass is 10.1. The first-order valence-corrected chi connectivity index (χ1v) is 6.81. The Labute approximate surface area is 120 Å². The van der Waals surface area contributed by atoms with Crippen molar-refractivity contribution in [3.63, 3.8) is 0 Å². The monoisotopic (exact) mass is 276 g/mol. The van der Waals surface area contributed by atoms with Gasteiger partial charge < -0.3 is 16.4 Å². The third-order valence-electron chi connectivity index (χ3n) is 2.71. The van der Waals surface area contributed by atoms with Crippen molar-refractivity contribution in [2.24, 2.45) is 16.6 Å². The predicted octanol–water partition coefficient (Wildman–Crippen LogP) is 1.80. The molecule has 0 heterocycles. The molecular formula is C15H24N4O. The van der Waals surface area contributed by atoms with Crippen molar-refractivity contribution in [3.05, 3.63) is 29.3 Å². The summed E-state index contributed by atoms with van der Waals surface area (Å²) in [6.45, 7) is 8.73. The quantitative estimate of drug-likeness (QED) is 0.436. The molecule has 0 bridgehead atoms. The van der Waals surface area contributed by atoms with E-state index in [-0.39, 0.29) is 11.8 Å². The van der Waals surface area contributed by atoms with Crippen LogP contribution in [0.5, 0.6) is 0 Å². The first-order valence-electron chi connectivity index (χ1n) is 6.81. The van der Waals surface area contributed by atoms with Crippen molar-refractivity contribution in [3.8, 4) is 0 Å². The van der Waals surface area contributed by atoms with Gasteiger partial charge in [0.25, 0.3) is 0 Å². The molecule has 1 rings (SSSR count). The minimum atomic E-state index is -0.00952. The van der Waals surface area contributed by atoms with Crippen LogP contribution in [-0.4, -0.2) is 25.0 Å². The summed E-state index contributed by atoms with van der Waals surface area (Å²) in [4.78, 5) is 15.5. The van der Waals surface area contributed by atoms with Gasteiger partial charge >= 0.3 is 0 Å². The molecule has 0 atom stereocenters. The molecule has 0 fully saturated rings. The largest absolute Gasteiger partial charge is 0.370 e. The molecule has 1 aromatic rings. The zero-order valence-electron chi connectivity index (χ0n) is 12.7. The standard InChI is InChI=1S/C15H24N4O/c1-10(2)14(20)17-5-6-18-15(16)19-13-8-11(3)7-12(4)9-13/h7-10H,5-6H2,1-4H3,(H,17,20)(H3,16,18,19). The van der Waals surface area contributed by atoms with Crippen LogP contribution >= 0.6 is 0 Å². The highest BCUT2D eigenvalue weighted by atomic mass is 16.1. The Hall–Kier alpha value is -2.04. The van der Waals surface area contributed by atoms with E-state index in [4.69, 9.17) is 5.73 Å². The third kappa shape index (κ3) is 5.73. The molecular weight excluding hydrogens is 252 g/mol. The third-order valence-corrected chi connectivity index (χ3v) is 2.71. The zero-order chi connectivity index (χ0) is 15.1. The number of benzene rings is 1. The van der Waals surface area contributed by atoms with Crippen LogP contribution in [0.4, 0.5) is 5.69 Å². The van der Waals surface area contributed by atoms with E-state index in [0.29, 0.717) is 19.0 Å². The highest BCUT2D eigenvalue weighted by Gasteiger charge is 2.04. The molecule has 0 aromatic heterocycles. The number of nitrogens with zero attached hydrogens (tertiary/aromatic N) is 1. The number of anilines is 1. The summed E-state index contributed by atoms with van der Waals surface area (Å²) >= 11 is 0. The molecule has 5 nitrogen and oxygen atoms in total. The summed E-state index contributed by atoms with van der Waals surface area (Å²) in [7, 11) is 0. The maximum Gasteiger partial charge on any atom is 0.222 e. The van der Waals surface area contributed by atoms with Crippen LogP contribution in [0, 0.1) is 19.8 Å². The molecule has 0 aliphatic heterocycles. The summed E-state index contributed by atoms with van der Waals surface area (Å²) in [6, 6.07) is 6.12. The first-order chi connectivity index (χ1) is 9.38. The Balaban J connectivity index is 2.44. The summed E-state index contributed by atoms with van der Waals surface area (Å²) in [5.74, 6) is 0.375. The molecule has 1 aromatic carbocycles. The number of nitrogens with one attached hydrogen (secondary N) is 2. The van der Waals surface area contributed by atoms with Crippen molar-refractivity contribution < 1.29 is 4.79 Å². The maximum absolute atomic E-state index is 11.3. The molecule has 20 heavy (non-hydrogen) atoms. The van der Waals surface area contributed by atoms with Gasteiger partial charge in [-0.2, -0.15) is 0 Å². The van der Waals surface area contributed by atoms with Crippen LogP contribution in [0.2, 0.25) is 0 Å². The normalized spacial score (nSPS) is 11.6. The molecule has 0 radical (unpaired) electrons. The highest BCUT2D eigenvalue weighted by Crippen LogP contribution is 2.13. The Morgan fingerprint density at radius 1 is 1.25 bits per heavy atom. The molecule has 5 heteroatoms. The van der Waals surface area contributed by atoms with Gasteiger partial charge in [-0.05, 0) is 37.1 Å². The molecule has 0 unspecified atom stereocenters. The van der Waals surface area contributed by atoms with Crippen LogP contribution in [0.15, 0.2) is 23.2 Å². The fourth-order valence-electron chi connectivity index (χ4n) is 1.79. The van der Waals surface area contributed by atoms with Crippen LogP contribution in [0.1, 0.15) is 25.0 Å². The minimum absolute atomic E-state index is 0.00952. The molecule has 4 N–H and O–H groups in total. The fourth-order valence-corrected chi connectivity index (χ4v) is 1.79. The number of aliphatic imine (C=N–C) groups is 1. The van der Waals surface area contributed by atoms with Gasteiger partial charge in [-0.1, -0.05) is 19.9 Å². The van der Waals surface area contributed by atoms with Gasteiger partial charge in [0.05, 0.1) is 6.54 Å². The van der Waals surface area contributed by atoms with E-state index < -0.39 is 0 Å². The van der Waals surface area contributed by atoms with E-state index in [1.165, 1.54) is 11.1 Å². The Kier molecular flexibility index (Phi) is 6.03. The Morgan fingerprint density at radius 3 is 2.40 bits per heavy atom. The SMILES string of the molecule is Cc1cc(C)cc(NC(N)=NCCNC(=O)C(C)C)c1. The average Bonchev–Trinajstić information content (AvgIpc) is 2.32. The Bertz CT molecular complexity index is 474. The topological polar surface area (TPSA) is 79.5 Å². The first kappa shape index (κ1) is 16.0. The lowest BCUT2D eigenvalue weighted by molar-refractivity contribution is -0.123. The number of carbonyl (C=O) groups is 1. The van der Waals surface area contributed by atoms with E-state index in [2.05, 4.69) is 21.7 Å². The number of guanidine groups is 1. The van der Waals surface area contributed by atoms with E-state index in [1.54, 1.807) is 0 Å². The summed E-state index contributed by atoms with van der Waals surface area (Å²) in [5.41, 5.74) is 9.08. The van der Waals surface area contributed by atoms with Crippen molar-refractivity contribution in [2.75, 3.05) is 18.4 Å². The van der Waals surface area contributed by atoms with E-state index in [9.17, 15) is 4.79 Å². The zero-order valence-corrected chi connectivity index (χ0v) is 12.7. The second kappa shape index (κ2) is 7.53. The summed E-state index contributed by atoms with van der Waals surface area (Å²) < 4.78 is 0. The van der Waals surface area contributed by atoms with Crippen LogP contribution in [0.3, 0.4) is 0 Å². The highest BCUT2D eigenvalue weighted by molar-refractivity contribution is 5.92. The molecule has 0 aliphatic rings. The smallest absolute Gasteiger partial charge is 0.222 e. The number of hydrogen-bond acceptors (Lipinski definition) is 2. The number of carbonyl (C=O) groups excluding carboxylic acids is 1. The average molecular weight is 276 g/mol. The van der Waals surface area contributed by atoms with Gasteiger partial charge in [-0.25, -0.2) is 0 Å². The van der Waals surface area contributed by atoms with Gasteiger partial charge in [0.1, 0.15) is 0 Å². The van der Waals surface area contributed by atoms with Gasteiger partial charge in [-0.15, -0.1) is 0 Å². The maximum atomic E-state index is 11.3. The van der Waals surface area contributed by atoms with Gasteiger partial charge in [0, 0.05) is 18.2 Å². The van der Waals surface area contributed by atoms with Crippen LogP contribution in [0.25, 0.3) is 0 Å². The number of rotatable bonds is 5. The van der Waals surface area contributed by atoms with Crippen LogP contribution < -0.4 is 16.4 Å². The lowest BCUT2D eigenvalue weighted by Gasteiger charge is -2.09. The van der Waals surface area contributed by atoms with E-state index in [1.807, 2.05) is 39.8 Å². The molecule has 0 aliphatic carbocycles. The number of amides is 1. The summed E-state index contributed by atoms with van der Waals surface area (Å²) in [6.07, 6.45) is 0. The predicted molar refractivity (Wildman–Crippen MR) is 83.9 cm³/mol. The second-order valence-corrected chi connectivity index (χ2v) is 5.21. The van der Waals surface area contributed by atoms with E-state index >= 15 is 0 Å². The number of aryl methyl sites for hydroxylation is 2. The molecule has 0 saturated carbocycles. The van der Waals surface area contributed by atoms with Crippen molar-refractivity contribution >= 4 is 17.6 Å². The number of nitrogens with two attached hydrogens (primary N) is 1. The second-order valence-electron chi connectivity index (χ2n) is 5.21. The molecule has 0 saturated heterocycles. The molecule has 0 spiro atoms. The van der Waals surface area contributed by atoms with Crippen LogP contribution in [-0.2, 0) is 4.79 Å². The minimum Gasteiger partial charge on any atom is -0.370 e. The van der Waals surface area contributed by atoms with Gasteiger partial charge in [0.2, 0.25) is 5.91 Å². The van der Waals surface area contributed by atoms with Gasteiger partial charge in [-0.3, -0.25) is 9.79 Å². The molecule has 1 amide bonds. The lowest BCUT2D eigenvalue weighted by Crippen LogP contribution is -2.31. The van der Waals surface area contributed by atoms with Gasteiger partial charge in [0.15, 0.2) is 5.96 Å². The van der Waals surface area contributed by atoms with Crippen molar-refractivity contribution in [1.82, 2.24) is 5.32 Å². The van der Waals surface area contributed by atoms with Crippen molar-refractivity contribution in [2.45, 2.75) is 27.7 Å². The van der Waals surface area contributed by atoms with E-state index in [0.717, 1.165) is 5.69 Å². The Morgan fingerprint density at radius 2 is 1.85 bits per heavy atom. The fraction of sp³-hybridized carbons (Fsp3) is 0.467. The summed E-state index contributed by atoms with van der Waals surface area (Å²) in [5, 5.41) is 5.84. The molecule has 110 valence electrons. The number of hydrogen-bond donors (Lipinski definition) is 3.